The number of hydrogen-bond acceptors (Lipinski definition) is 4. The lowest BCUT2D eigenvalue weighted by Crippen LogP contribution is -2.36. The van der Waals surface area contributed by atoms with Gasteiger partial charge in [0.1, 0.15) is 0 Å². The number of carbonyl (C=O) groups is 1. The highest BCUT2D eigenvalue weighted by molar-refractivity contribution is 7.99. The highest BCUT2D eigenvalue weighted by atomic mass is 32.2. The molecule has 0 fully saturated rings. The molecule has 0 bridgehead atoms. The van der Waals surface area contributed by atoms with E-state index < -0.39 is 6.29 Å². The first-order valence-corrected chi connectivity index (χ1v) is 6.45. The predicted octanol–water partition coefficient (Wildman–Crippen LogP) is 0.583. The molecule has 0 aliphatic heterocycles. The summed E-state index contributed by atoms with van der Waals surface area (Å²) in [6.07, 6.45) is 0.882. The fourth-order valence-electron chi connectivity index (χ4n) is 0.948. The fourth-order valence-corrected chi connectivity index (χ4v) is 2.11. The number of thioether (sulfide) groups is 1. The number of hydrogen-bond donors (Lipinski definition) is 3. The first-order valence-electron chi connectivity index (χ1n) is 5.29. The van der Waals surface area contributed by atoms with E-state index in [-0.39, 0.29) is 18.4 Å². The zero-order valence-corrected chi connectivity index (χ0v) is 10.2. The van der Waals surface area contributed by atoms with Gasteiger partial charge in [0.05, 0.1) is 6.54 Å². The Labute approximate surface area is 95.4 Å². The van der Waals surface area contributed by atoms with E-state index in [4.69, 9.17) is 10.2 Å². The Morgan fingerprint density at radius 1 is 1.47 bits per heavy atom. The van der Waals surface area contributed by atoms with Crippen LogP contribution in [0, 0.1) is 5.92 Å². The van der Waals surface area contributed by atoms with Gasteiger partial charge in [0.2, 0.25) is 5.91 Å². The average Bonchev–Trinajstić information content (AvgIpc) is 2.20. The van der Waals surface area contributed by atoms with Gasteiger partial charge >= 0.3 is 0 Å². The summed E-state index contributed by atoms with van der Waals surface area (Å²) >= 11 is 1.76. The van der Waals surface area contributed by atoms with E-state index in [9.17, 15) is 4.79 Å². The largest absolute Gasteiger partial charge is 0.367 e. The molecule has 0 radical (unpaired) electrons. The first kappa shape index (κ1) is 14.7. The molecule has 3 N–H and O–H groups in total. The van der Waals surface area contributed by atoms with Crippen LogP contribution < -0.4 is 5.32 Å². The van der Waals surface area contributed by atoms with Crippen molar-refractivity contribution < 1.29 is 15.0 Å². The first-order chi connectivity index (χ1) is 7.07. The van der Waals surface area contributed by atoms with Crippen molar-refractivity contribution in [2.45, 2.75) is 33.0 Å². The molecule has 1 atom stereocenters. The molecular weight excluding hydrogens is 214 g/mol. The van der Waals surface area contributed by atoms with Crippen LogP contribution in [0.3, 0.4) is 0 Å². The van der Waals surface area contributed by atoms with Gasteiger partial charge in [-0.15, -0.1) is 0 Å². The van der Waals surface area contributed by atoms with Crippen LogP contribution in [-0.2, 0) is 4.79 Å². The van der Waals surface area contributed by atoms with Gasteiger partial charge in [0, 0.05) is 11.7 Å². The molecule has 0 aromatic rings. The minimum atomic E-state index is -1.46. The van der Waals surface area contributed by atoms with E-state index in [0.29, 0.717) is 0 Å². The number of rotatable bonds is 8. The average molecular weight is 235 g/mol. The van der Waals surface area contributed by atoms with Crippen molar-refractivity contribution in [2.75, 3.05) is 18.1 Å². The second-order valence-electron chi connectivity index (χ2n) is 3.56. The van der Waals surface area contributed by atoms with Crippen molar-refractivity contribution in [1.29, 1.82) is 0 Å². The summed E-state index contributed by atoms with van der Waals surface area (Å²) in [5.74, 6) is 1.67. The molecule has 0 aromatic carbocycles. The number of aliphatic hydroxyl groups is 2. The molecule has 0 aliphatic carbocycles. The lowest BCUT2D eigenvalue weighted by molar-refractivity contribution is -0.126. The summed E-state index contributed by atoms with van der Waals surface area (Å²) in [4.78, 5) is 11.4. The van der Waals surface area contributed by atoms with Gasteiger partial charge in [-0.05, 0) is 12.2 Å². The van der Waals surface area contributed by atoms with Crippen molar-refractivity contribution in [3.8, 4) is 0 Å². The lowest BCUT2D eigenvalue weighted by atomic mass is 10.2. The van der Waals surface area contributed by atoms with Gasteiger partial charge in [0.25, 0.3) is 0 Å². The van der Waals surface area contributed by atoms with E-state index >= 15 is 0 Å². The maximum absolute atomic E-state index is 11.4. The van der Waals surface area contributed by atoms with Crippen molar-refractivity contribution in [2.24, 2.45) is 5.92 Å². The third kappa shape index (κ3) is 8.72. The maximum Gasteiger partial charge on any atom is 0.223 e. The molecule has 1 unspecified atom stereocenters. The number of carbonyl (C=O) groups excluding carboxylic acids is 1. The van der Waals surface area contributed by atoms with E-state index in [1.165, 1.54) is 12.8 Å². The predicted molar refractivity (Wildman–Crippen MR) is 62.6 cm³/mol. The molecule has 0 heterocycles. The SMILES string of the molecule is CCCCSCC(C)C(=O)NCC(O)O. The summed E-state index contributed by atoms with van der Waals surface area (Å²) in [6.45, 7) is 3.89. The van der Waals surface area contributed by atoms with Gasteiger partial charge in [-0.3, -0.25) is 4.79 Å². The highest BCUT2D eigenvalue weighted by Crippen LogP contribution is 2.10. The Morgan fingerprint density at radius 3 is 2.67 bits per heavy atom. The van der Waals surface area contributed by atoms with Crippen LogP contribution in [0.2, 0.25) is 0 Å². The summed E-state index contributed by atoms with van der Waals surface area (Å²) in [5, 5.41) is 19.6. The molecular formula is C10H21NO3S. The monoisotopic (exact) mass is 235 g/mol. The van der Waals surface area contributed by atoms with Crippen LogP contribution in [-0.4, -0.2) is 40.5 Å². The number of nitrogens with one attached hydrogen (secondary N) is 1. The van der Waals surface area contributed by atoms with Crippen molar-refractivity contribution in [1.82, 2.24) is 5.32 Å². The number of amides is 1. The third-order valence-corrected chi connectivity index (χ3v) is 3.23. The van der Waals surface area contributed by atoms with E-state index in [2.05, 4.69) is 12.2 Å². The standard InChI is InChI=1S/C10H21NO3S/c1-3-4-5-15-7-8(2)10(14)11-6-9(12)13/h8-9,12-13H,3-7H2,1-2H3,(H,11,14). The van der Waals surface area contributed by atoms with Crippen LogP contribution in [0.5, 0.6) is 0 Å². The fraction of sp³-hybridized carbons (Fsp3) is 0.900. The van der Waals surface area contributed by atoms with Crippen LogP contribution in [0.25, 0.3) is 0 Å². The van der Waals surface area contributed by atoms with Gasteiger partial charge in [-0.1, -0.05) is 20.3 Å². The van der Waals surface area contributed by atoms with Crippen LogP contribution in [0.4, 0.5) is 0 Å². The Bertz CT molecular complexity index is 176. The van der Waals surface area contributed by atoms with Crippen LogP contribution in [0.1, 0.15) is 26.7 Å². The zero-order valence-electron chi connectivity index (χ0n) is 9.40. The summed E-state index contributed by atoms with van der Waals surface area (Å²) < 4.78 is 0. The zero-order chi connectivity index (χ0) is 11.7. The van der Waals surface area contributed by atoms with Gasteiger partial charge in [-0.2, -0.15) is 11.8 Å². The van der Waals surface area contributed by atoms with E-state index in [0.717, 1.165) is 11.5 Å². The Hall–Kier alpha value is -0.260. The molecule has 0 saturated carbocycles. The molecule has 0 rings (SSSR count). The summed E-state index contributed by atoms with van der Waals surface area (Å²) in [7, 11) is 0. The highest BCUT2D eigenvalue weighted by Gasteiger charge is 2.12. The van der Waals surface area contributed by atoms with Crippen molar-refractivity contribution in [3.63, 3.8) is 0 Å². The molecule has 5 heteroatoms. The van der Waals surface area contributed by atoms with Gasteiger partial charge in [0.15, 0.2) is 6.29 Å². The Morgan fingerprint density at radius 2 is 2.13 bits per heavy atom. The van der Waals surface area contributed by atoms with Crippen molar-refractivity contribution >= 4 is 17.7 Å². The molecule has 0 aromatic heterocycles. The lowest BCUT2D eigenvalue weighted by Gasteiger charge is -2.12. The molecule has 4 nitrogen and oxygen atoms in total. The molecule has 15 heavy (non-hydrogen) atoms. The van der Waals surface area contributed by atoms with Crippen LogP contribution >= 0.6 is 11.8 Å². The molecule has 90 valence electrons. The molecule has 0 aliphatic rings. The number of unbranched alkanes of at least 4 members (excludes halogenated alkanes) is 1. The second-order valence-corrected chi connectivity index (χ2v) is 4.71. The quantitative estimate of drug-likeness (QED) is 0.425. The smallest absolute Gasteiger partial charge is 0.223 e. The minimum Gasteiger partial charge on any atom is -0.367 e. The van der Waals surface area contributed by atoms with Gasteiger partial charge in [-0.25, -0.2) is 0 Å². The normalized spacial score (nSPS) is 12.9. The Kier molecular flexibility index (Phi) is 8.85. The minimum absolute atomic E-state index is 0.0781. The molecule has 1 amide bonds. The van der Waals surface area contributed by atoms with Crippen LogP contribution in [0.15, 0.2) is 0 Å². The maximum atomic E-state index is 11.4. The molecule has 0 saturated heterocycles. The summed E-state index contributed by atoms with van der Waals surface area (Å²) in [6, 6.07) is 0. The second kappa shape index (κ2) is 9.00. The third-order valence-electron chi connectivity index (χ3n) is 1.92. The van der Waals surface area contributed by atoms with Crippen molar-refractivity contribution in [3.05, 3.63) is 0 Å². The Balaban J connectivity index is 3.51. The van der Waals surface area contributed by atoms with Gasteiger partial charge < -0.3 is 15.5 Å². The van der Waals surface area contributed by atoms with E-state index in [1.807, 2.05) is 6.92 Å². The molecule has 0 spiro atoms. The topological polar surface area (TPSA) is 69.6 Å². The number of aliphatic hydroxyl groups excluding tert-OH is 1. The summed E-state index contributed by atoms with van der Waals surface area (Å²) in [5.41, 5.74) is 0. The van der Waals surface area contributed by atoms with E-state index in [1.54, 1.807) is 11.8 Å².